The standard InChI is InChI=1S/C24H26N4O/c1-4-16-7-8-18-13-19(10-9-17(18)12-16)20-14-26-23(27-20)21-6-5-11-28(21)24(29)22(25)15(2)3/h1,7-10,12-15,21-22H,5-6,11,25H2,2-3H3,(H,26,27). The van der Waals surface area contributed by atoms with E-state index in [1.165, 1.54) is 0 Å². The molecule has 1 aromatic heterocycles. The van der Waals surface area contributed by atoms with E-state index in [0.29, 0.717) is 0 Å². The average molecular weight is 386 g/mol. The molecule has 2 heterocycles. The molecule has 0 radical (unpaired) electrons. The molecule has 5 heteroatoms. The number of terminal acetylenes is 1. The van der Waals surface area contributed by atoms with Gasteiger partial charge in [0, 0.05) is 17.7 Å². The summed E-state index contributed by atoms with van der Waals surface area (Å²) in [6.45, 7) is 4.68. The Kier molecular flexibility index (Phi) is 5.12. The zero-order chi connectivity index (χ0) is 20.5. The number of fused-ring (bicyclic) bond motifs is 1. The van der Waals surface area contributed by atoms with Crippen LogP contribution in [-0.4, -0.2) is 33.4 Å². The summed E-state index contributed by atoms with van der Waals surface area (Å²) in [6.07, 6.45) is 9.20. The summed E-state index contributed by atoms with van der Waals surface area (Å²) in [7, 11) is 0. The lowest BCUT2D eigenvalue weighted by atomic mass is 10.0. The molecule has 1 saturated heterocycles. The number of nitrogens with one attached hydrogen (secondary N) is 1. The molecule has 1 aliphatic heterocycles. The number of hydrogen-bond acceptors (Lipinski definition) is 3. The number of rotatable bonds is 4. The van der Waals surface area contributed by atoms with Crippen molar-refractivity contribution in [3.8, 4) is 23.6 Å². The van der Waals surface area contributed by atoms with Crippen LogP contribution >= 0.6 is 0 Å². The van der Waals surface area contributed by atoms with Crippen molar-refractivity contribution >= 4 is 16.7 Å². The molecule has 0 aliphatic carbocycles. The second-order valence-electron chi connectivity index (χ2n) is 8.06. The van der Waals surface area contributed by atoms with Gasteiger partial charge in [0.1, 0.15) is 5.82 Å². The number of carbonyl (C=O) groups excluding carboxylic acids is 1. The number of aromatic nitrogens is 2. The minimum Gasteiger partial charge on any atom is -0.340 e. The van der Waals surface area contributed by atoms with E-state index in [4.69, 9.17) is 12.2 Å². The Hall–Kier alpha value is -3.10. The zero-order valence-electron chi connectivity index (χ0n) is 16.9. The van der Waals surface area contributed by atoms with Crippen LogP contribution in [0.3, 0.4) is 0 Å². The monoisotopic (exact) mass is 386 g/mol. The summed E-state index contributed by atoms with van der Waals surface area (Å²) < 4.78 is 0. The number of nitrogens with two attached hydrogens (primary N) is 1. The first-order valence-electron chi connectivity index (χ1n) is 10.1. The third-order valence-corrected chi connectivity index (χ3v) is 5.77. The number of aromatic amines is 1. The van der Waals surface area contributed by atoms with Gasteiger partial charge < -0.3 is 15.6 Å². The van der Waals surface area contributed by atoms with Gasteiger partial charge in [0.15, 0.2) is 0 Å². The quantitative estimate of drug-likeness (QED) is 0.669. The Bertz CT molecular complexity index is 1090. The summed E-state index contributed by atoms with van der Waals surface area (Å²) in [4.78, 5) is 22.7. The second-order valence-corrected chi connectivity index (χ2v) is 8.06. The van der Waals surface area contributed by atoms with Crippen LogP contribution in [-0.2, 0) is 4.79 Å². The maximum atomic E-state index is 12.8. The van der Waals surface area contributed by atoms with Crippen molar-refractivity contribution in [1.29, 1.82) is 0 Å². The van der Waals surface area contributed by atoms with Crippen LogP contribution in [0.5, 0.6) is 0 Å². The topological polar surface area (TPSA) is 75.0 Å². The van der Waals surface area contributed by atoms with Crippen LogP contribution in [0, 0.1) is 18.3 Å². The van der Waals surface area contributed by atoms with Crippen LogP contribution in [0.15, 0.2) is 42.6 Å². The van der Waals surface area contributed by atoms with Gasteiger partial charge >= 0.3 is 0 Å². The second kappa shape index (κ2) is 7.73. The van der Waals surface area contributed by atoms with Crippen LogP contribution in [0.1, 0.15) is 44.1 Å². The van der Waals surface area contributed by atoms with Crippen molar-refractivity contribution in [3.05, 3.63) is 54.0 Å². The van der Waals surface area contributed by atoms with E-state index in [1.54, 1.807) is 0 Å². The van der Waals surface area contributed by atoms with Gasteiger partial charge in [0.05, 0.1) is 24.0 Å². The van der Waals surface area contributed by atoms with E-state index in [-0.39, 0.29) is 17.9 Å². The molecule has 4 rings (SSSR count). The molecule has 3 N–H and O–H groups in total. The number of benzene rings is 2. The molecule has 5 nitrogen and oxygen atoms in total. The molecule has 0 bridgehead atoms. The maximum absolute atomic E-state index is 12.8. The summed E-state index contributed by atoms with van der Waals surface area (Å²) in [5, 5.41) is 2.23. The lowest BCUT2D eigenvalue weighted by Crippen LogP contribution is -2.46. The number of H-pyrrole nitrogens is 1. The molecule has 1 aliphatic rings. The van der Waals surface area contributed by atoms with Gasteiger partial charge in [0.2, 0.25) is 5.91 Å². The van der Waals surface area contributed by atoms with Gasteiger partial charge in [-0.25, -0.2) is 4.98 Å². The number of likely N-dealkylation sites (tertiary alicyclic amines) is 1. The fraction of sp³-hybridized carbons (Fsp3) is 0.333. The Morgan fingerprint density at radius 3 is 2.79 bits per heavy atom. The summed E-state index contributed by atoms with van der Waals surface area (Å²) in [6, 6.07) is 11.7. The van der Waals surface area contributed by atoms with Crippen molar-refractivity contribution in [1.82, 2.24) is 14.9 Å². The van der Waals surface area contributed by atoms with Crippen molar-refractivity contribution in [3.63, 3.8) is 0 Å². The molecule has 148 valence electrons. The number of amides is 1. The van der Waals surface area contributed by atoms with Gasteiger partial charge in [-0.15, -0.1) is 6.42 Å². The van der Waals surface area contributed by atoms with Crippen LogP contribution in [0.25, 0.3) is 22.0 Å². The van der Waals surface area contributed by atoms with Crippen molar-refractivity contribution in [2.45, 2.75) is 38.8 Å². The van der Waals surface area contributed by atoms with E-state index >= 15 is 0 Å². The molecule has 29 heavy (non-hydrogen) atoms. The van der Waals surface area contributed by atoms with Crippen LogP contribution in [0.2, 0.25) is 0 Å². The fourth-order valence-electron chi connectivity index (χ4n) is 3.95. The summed E-state index contributed by atoms with van der Waals surface area (Å²) in [5.41, 5.74) is 8.99. The summed E-state index contributed by atoms with van der Waals surface area (Å²) >= 11 is 0. The van der Waals surface area contributed by atoms with E-state index in [9.17, 15) is 4.79 Å². The molecule has 2 aromatic carbocycles. The van der Waals surface area contributed by atoms with Crippen molar-refractivity contribution in [2.24, 2.45) is 11.7 Å². The smallest absolute Gasteiger partial charge is 0.240 e. The number of imidazole rings is 1. The first kappa shape index (κ1) is 19.2. The molecule has 0 saturated carbocycles. The Labute approximate surface area is 171 Å². The van der Waals surface area contributed by atoms with Crippen LogP contribution < -0.4 is 5.73 Å². The molecule has 3 aromatic rings. The lowest BCUT2D eigenvalue weighted by Gasteiger charge is -2.27. The van der Waals surface area contributed by atoms with E-state index in [2.05, 4.69) is 34.1 Å². The third kappa shape index (κ3) is 3.64. The highest BCUT2D eigenvalue weighted by Gasteiger charge is 2.35. The highest BCUT2D eigenvalue weighted by Crippen LogP contribution is 2.33. The Balaban J connectivity index is 1.60. The van der Waals surface area contributed by atoms with Gasteiger partial charge in [0.25, 0.3) is 0 Å². The van der Waals surface area contributed by atoms with Gasteiger partial charge in [-0.05, 0) is 47.7 Å². The van der Waals surface area contributed by atoms with Gasteiger partial charge in [-0.2, -0.15) is 0 Å². The van der Waals surface area contributed by atoms with Crippen molar-refractivity contribution in [2.75, 3.05) is 6.54 Å². The Morgan fingerprint density at radius 1 is 1.28 bits per heavy atom. The highest BCUT2D eigenvalue weighted by molar-refractivity contribution is 5.88. The molecular formula is C24H26N4O. The minimum absolute atomic E-state index is 0.00970. The number of nitrogens with zero attached hydrogens (tertiary/aromatic N) is 2. The average Bonchev–Trinajstić information content (AvgIpc) is 3.41. The molecular weight excluding hydrogens is 360 g/mol. The molecule has 2 unspecified atom stereocenters. The largest absolute Gasteiger partial charge is 0.340 e. The SMILES string of the molecule is C#Cc1ccc2cc(-c3cnc(C4CCCN4C(=O)C(N)C(C)C)[nH]3)ccc2c1. The minimum atomic E-state index is -0.474. The number of carbonyl (C=O) groups is 1. The fourth-order valence-corrected chi connectivity index (χ4v) is 3.95. The maximum Gasteiger partial charge on any atom is 0.240 e. The van der Waals surface area contributed by atoms with E-state index < -0.39 is 6.04 Å². The van der Waals surface area contributed by atoms with Gasteiger partial charge in [-0.3, -0.25) is 4.79 Å². The molecule has 1 fully saturated rings. The van der Waals surface area contributed by atoms with E-state index in [0.717, 1.165) is 52.8 Å². The number of hydrogen-bond donors (Lipinski definition) is 2. The third-order valence-electron chi connectivity index (χ3n) is 5.77. The highest BCUT2D eigenvalue weighted by atomic mass is 16.2. The lowest BCUT2D eigenvalue weighted by molar-refractivity contribution is -0.134. The summed E-state index contributed by atoms with van der Waals surface area (Å²) in [5.74, 6) is 3.62. The molecule has 0 spiro atoms. The zero-order valence-corrected chi connectivity index (χ0v) is 16.9. The predicted molar refractivity (Wildman–Crippen MR) is 116 cm³/mol. The molecule has 1 amide bonds. The van der Waals surface area contributed by atoms with Crippen LogP contribution in [0.4, 0.5) is 0 Å². The first-order chi connectivity index (χ1) is 14.0. The van der Waals surface area contributed by atoms with E-state index in [1.807, 2.05) is 43.1 Å². The Morgan fingerprint density at radius 2 is 2.03 bits per heavy atom. The first-order valence-corrected chi connectivity index (χ1v) is 10.1. The predicted octanol–water partition coefficient (Wildman–Crippen LogP) is 3.86. The molecule has 2 atom stereocenters. The van der Waals surface area contributed by atoms with Gasteiger partial charge in [-0.1, -0.05) is 38.0 Å². The normalized spacial score (nSPS) is 17.6. The van der Waals surface area contributed by atoms with Crippen molar-refractivity contribution < 1.29 is 4.79 Å².